The summed E-state index contributed by atoms with van der Waals surface area (Å²) in [7, 11) is 1.70. The summed E-state index contributed by atoms with van der Waals surface area (Å²) in [5.74, 6) is 0.553. The molecule has 0 amide bonds. The zero-order valence-corrected chi connectivity index (χ0v) is 6.03. The second-order valence-corrected chi connectivity index (χ2v) is 1.97. The summed E-state index contributed by atoms with van der Waals surface area (Å²) < 4.78 is 0. The first-order valence-electron chi connectivity index (χ1n) is 3.04. The molecule has 0 atom stereocenters. The molecule has 1 heterocycles. The van der Waals surface area contributed by atoms with Crippen LogP contribution >= 0.6 is 0 Å². The van der Waals surface area contributed by atoms with Crippen molar-refractivity contribution in [2.45, 2.75) is 0 Å². The molecule has 1 aromatic rings. The monoisotopic (exact) mass is 152 g/mol. The van der Waals surface area contributed by atoms with Gasteiger partial charge in [-0.15, -0.1) is 4.91 Å². The van der Waals surface area contributed by atoms with Crippen LogP contribution in [0.3, 0.4) is 0 Å². The van der Waals surface area contributed by atoms with Crippen LogP contribution in [0.15, 0.2) is 17.4 Å². The minimum Gasteiger partial charge on any atom is -0.396 e. The number of nitrogen functional groups attached to an aromatic ring is 1. The van der Waals surface area contributed by atoms with Crippen molar-refractivity contribution in [3.05, 3.63) is 17.2 Å². The summed E-state index contributed by atoms with van der Waals surface area (Å²) in [5.41, 5.74) is 6.14. The zero-order chi connectivity index (χ0) is 8.27. The largest absolute Gasteiger partial charge is 0.396 e. The molecule has 1 aromatic heterocycles. The Labute approximate surface area is 63.6 Å². The van der Waals surface area contributed by atoms with E-state index < -0.39 is 0 Å². The topological polar surface area (TPSA) is 80.4 Å². The molecule has 11 heavy (non-hydrogen) atoms. The van der Waals surface area contributed by atoms with Crippen molar-refractivity contribution >= 4 is 17.2 Å². The summed E-state index contributed by atoms with van der Waals surface area (Å²) in [5, 5.41) is 5.45. The van der Waals surface area contributed by atoms with Crippen LogP contribution in [-0.4, -0.2) is 12.0 Å². The molecule has 5 nitrogen and oxygen atoms in total. The summed E-state index contributed by atoms with van der Waals surface area (Å²) in [6.07, 6.45) is 1.36. The molecule has 0 spiro atoms. The molecule has 0 saturated carbocycles. The third-order valence-corrected chi connectivity index (χ3v) is 1.24. The zero-order valence-electron chi connectivity index (χ0n) is 6.03. The first kappa shape index (κ1) is 7.46. The molecule has 0 fully saturated rings. The molecule has 1 rings (SSSR count). The fraction of sp³-hybridized carbons (Fsp3) is 0.167. The van der Waals surface area contributed by atoms with Gasteiger partial charge < -0.3 is 11.1 Å². The number of hydrogen-bond acceptors (Lipinski definition) is 5. The maximum atomic E-state index is 9.99. The lowest BCUT2D eigenvalue weighted by molar-refractivity contribution is 1.27. The third-order valence-electron chi connectivity index (χ3n) is 1.24. The van der Waals surface area contributed by atoms with Gasteiger partial charge in [-0.1, -0.05) is 0 Å². The predicted molar refractivity (Wildman–Crippen MR) is 43.7 cm³/mol. The summed E-state index contributed by atoms with van der Waals surface area (Å²) in [6, 6.07) is 1.46. The van der Waals surface area contributed by atoms with Crippen LogP contribution in [0.2, 0.25) is 0 Å². The Balaban J connectivity index is 3.09. The highest BCUT2D eigenvalue weighted by atomic mass is 16.3. The number of rotatable bonds is 2. The fourth-order valence-corrected chi connectivity index (χ4v) is 0.729. The van der Waals surface area contributed by atoms with Crippen molar-refractivity contribution in [3.63, 3.8) is 0 Å². The molecule has 0 radical (unpaired) electrons. The lowest BCUT2D eigenvalue weighted by Crippen LogP contribution is -1.97. The van der Waals surface area contributed by atoms with Crippen molar-refractivity contribution in [3.8, 4) is 0 Å². The fourth-order valence-electron chi connectivity index (χ4n) is 0.729. The van der Waals surface area contributed by atoms with E-state index in [2.05, 4.69) is 15.5 Å². The molecule has 0 aromatic carbocycles. The Hall–Kier alpha value is -1.65. The average molecular weight is 152 g/mol. The van der Waals surface area contributed by atoms with Gasteiger partial charge >= 0.3 is 0 Å². The normalized spacial score (nSPS) is 9.18. The van der Waals surface area contributed by atoms with Crippen LogP contribution in [0.1, 0.15) is 0 Å². The van der Waals surface area contributed by atoms with Gasteiger partial charge in [-0.05, 0) is 11.2 Å². The highest BCUT2D eigenvalue weighted by Crippen LogP contribution is 2.20. The third kappa shape index (κ3) is 1.43. The molecule has 0 saturated heterocycles. The standard InChI is InChI=1S/C6H8N4O/c1-8-6-5(7)2-4(10-11)3-9-6/h2-3H,7H2,1H3,(H,8,9). The Morgan fingerprint density at radius 2 is 2.45 bits per heavy atom. The van der Waals surface area contributed by atoms with Crippen LogP contribution < -0.4 is 11.1 Å². The van der Waals surface area contributed by atoms with E-state index in [9.17, 15) is 4.91 Å². The Morgan fingerprint density at radius 1 is 1.73 bits per heavy atom. The van der Waals surface area contributed by atoms with E-state index in [1.807, 2.05) is 0 Å². The van der Waals surface area contributed by atoms with Crippen molar-refractivity contribution in [1.82, 2.24) is 4.98 Å². The van der Waals surface area contributed by atoms with Crippen LogP contribution in [0.4, 0.5) is 17.2 Å². The number of hydrogen-bond donors (Lipinski definition) is 2. The molecule has 0 aliphatic carbocycles. The lowest BCUT2D eigenvalue weighted by atomic mass is 10.3. The maximum Gasteiger partial charge on any atom is 0.149 e. The van der Waals surface area contributed by atoms with E-state index in [1.54, 1.807) is 7.05 Å². The van der Waals surface area contributed by atoms with Gasteiger partial charge in [-0.2, -0.15) is 0 Å². The van der Waals surface area contributed by atoms with Gasteiger partial charge in [0.05, 0.1) is 11.9 Å². The number of pyridine rings is 1. The Morgan fingerprint density at radius 3 is 2.91 bits per heavy atom. The number of anilines is 2. The van der Waals surface area contributed by atoms with Gasteiger partial charge in [-0.3, -0.25) is 0 Å². The van der Waals surface area contributed by atoms with Crippen molar-refractivity contribution < 1.29 is 0 Å². The lowest BCUT2D eigenvalue weighted by Gasteiger charge is -2.01. The minimum absolute atomic E-state index is 0.238. The van der Waals surface area contributed by atoms with Gasteiger partial charge in [0, 0.05) is 7.05 Å². The number of nitrogens with one attached hydrogen (secondary N) is 1. The highest BCUT2D eigenvalue weighted by molar-refractivity contribution is 5.64. The molecule has 3 N–H and O–H groups in total. The van der Waals surface area contributed by atoms with Crippen molar-refractivity contribution in [2.75, 3.05) is 18.1 Å². The van der Waals surface area contributed by atoms with Gasteiger partial charge in [0.2, 0.25) is 0 Å². The predicted octanol–water partition coefficient (Wildman–Crippen LogP) is 1.10. The smallest absolute Gasteiger partial charge is 0.149 e. The number of nitrogens with zero attached hydrogens (tertiary/aromatic N) is 2. The first-order chi connectivity index (χ1) is 5.27. The SMILES string of the molecule is CNc1ncc(N=O)cc1N. The molecule has 58 valence electrons. The highest BCUT2D eigenvalue weighted by Gasteiger charge is 1.98. The molecule has 5 heteroatoms. The van der Waals surface area contributed by atoms with Crippen LogP contribution in [-0.2, 0) is 0 Å². The molecule has 0 bridgehead atoms. The van der Waals surface area contributed by atoms with Crippen molar-refractivity contribution in [1.29, 1.82) is 0 Å². The van der Waals surface area contributed by atoms with E-state index in [4.69, 9.17) is 5.73 Å². The minimum atomic E-state index is 0.238. The molecule has 0 aliphatic heterocycles. The van der Waals surface area contributed by atoms with E-state index >= 15 is 0 Å². The summed E-state index contributed by atoms with van der Waals surface area (Å²) in [6.45, 7) is 0. The van der Waals surface area contributed by atoms with Crippen molar-refractivity contribution in [2.24, 2.45) is 5.18 Å². The average Bonchev–Trinajstić information content (AvgIpc) is 2.04. The van der Waals surface area contributed by atoms with E-state index in [0.717, 1.165) is 0 Å². The molecule has 0 aliphatic rings. The Bertz CT molecular complexity index is 273. The van der Waals surface area contributed by atoms with Gasteiger partial charge in [0.25, 0.3) is 0 Å². The quantitative estimate of drug-likeness (QED) is 0.622. The van der Waals surface area contributed by atoms with E-state index in [0.29, 0.717) is 11.5 Å². The van der Waals surface area contributed by atoms with Gasteiger partial charge in [0.1, 0.15) is 11.5 Å². The van der Waals surface area contributed by atoms with Crippen LogP contribution in [0, 0.1) is 4.91 Å². The van der Waals surface area contributed by atoms with Gasteiger partial charge in [-0.25, -0.2) is 4.98 Å². The second kappa shape index (κ2) is 2.96. The number of aromatic nitrogens is 1. The number of nitrogens with two attached hydrogens (primary N) is 1. The molecular formula is C6H8N4O. The van der Waals surface area contributed by atoms with Crippen LogP contribution in [0.5, 0.6) is 0 Å². The Kier molecular flexibility index (Phi) is 2.00. The van der Waals surface area contributed by atoms with E-state index in [1.165, 1.54) is 12.3 Å². The maximum absolute atomic E-state index is 9.99. The summed E-state index contributed by atoms with van der Waals surface area (Å²) in [4.78, 5) is 13.8. The molecule has 0 unspecified atom stereocenters. The van der Waals surface area contributed by atoms with E-state index in [-0.39, 0.29) is 5.69 Å². The molecular weight excluding hydrogens is 144 g/mol. The summed E-state index contributed by atoms with van der Waals surface area (Å²) >= 11 is 0. The van der Waals surface area contributed by atoms with Gasteiger partial charge in [0.15, 0.2) is 0 Å². The second-order valence-electron chi connectivity index (χ2n) is 1.97. The number of nitroso groups, excluding NO2 is 1. The van der Waals surface area contributed by atoms with Crippen LogP contribution in [0.25, 0.3) is 0 Å². The first-order valence-corrected chi connectivity index (χ1v) is 3.04.